The molecule has 0 atom stereocenters. The van der Waals surface area contributed by atoms with Gasteiger partial charge >= 0.3 is 0 Å². The summed E-state index contributed by atoms with van der Waals surface area (Å²) in [6.07, 6.45) is 0. The SMILES string of the molecule is CN(Cc1ccc(F)cc1)c1cccc(CCl)n1. The lowest BCUT2D eigenvalue weighted by Crippen LogP contribution is -2.17. The summed E-state index contributed by atoms with van der Waals surface area (Å²) in [5.74, 6) is 1.04. The van der Waals surface area contributed by atoms with Gasteiger partial charge in [0.2, 0.25) is 0 Å². The van der Waals surface area contributed by atoms with Crippen LogP contribution < -0.4 is 4.90 Å². The molecule has 0 saturated carbocycles. The Morgan fingerprint density at radius 1 is 1.17 bits per heavy atom. The van der Waals surface area contributed by atoms with Crippen LogP contribution in [-0.2, 0) is 12.4 Å². The standard InChI is InChI=1S/C14H14ClFN2/c1-18(10-11-5-7-12(16)8-6-11)14-4-2-3-13(9-15)17-14/h2-8H,9-10H2,1H3. The molecular weight excluding hydrogens is 251 g/mol. The predicted octanol–water partition coefficient (Wildman–Crippen LogP) is 3.60. The molecule has 18 heavy (non-hydrogen) atoms. The molecule has 0 fully saturated rings. The number of benzene rings is 1. The van der Waals surface area contributed by atoms with Crippen LogP contribution in [0.5, 0.6) is 0 Å². The molecule has 4 heteroatoms. The Kier molecular flexibility index (Phi) is 4.15. The minimum Gasteiger partial charge on any atom is -0.355 e. The summed E-state index contributed by atoms with van der Waals surface area (Å²) in [6.45, 7) is 0.680. The van der Waals surface area contributed by atoms with Gasteiger partial charge in [-0.1, -0.05) is 18.2 Å². The quantitative estimate of drug-likeness (QED) is 0.785. The number of halogens is 2. The highest BCUT2D eigenvalue weighted by Crippen LogP contribution is 2.14. The van der Waals surface area contributed by atoms with Gasteiger partial charge in [-0.15, -0.1) is 11.6 Å². The van der Waals surface area contributed by atoms with Crippen molar-refractivity contribution < 1.29 is 4.39 Å². The minimum absolute atomic E-state index is 0.219. The molecule has 0 N–H and O–H groups in total. The third-order valence-corrected chi connectivity index (χ3v) is 2.93. The van der Waals surface area contributed by atoms with Crippen molar-refractivity contribution in [3.63, 3.8) is 0 Å². The van der Waals surface area contributed by atoms with E-state index in [-0.39, 0.29) is 5.82 Å². The van der Waals surface area contributed by atoms with Crippen molar-refractivity contribution in [1.82, 2.24) is 4.98 Å². The number of pyridine rings is 1. The smallest absolute Gasteiger partial charge is 0.128 e. The maximum absolute atomic E-state index is 12.8. The van der Waals surface area contributed by atoms with Crippen LogP contribution in [0.25, 0.3) is 0 Å². The lowest BCUT2D eigenvalue weighted by atomic mass is 10.2. The zero-order valence-electron chi connectivity index (χ0n) is 10.1. The number of anilines is 1. The molecular formula is C14H14ClFN2. The van der Waals surface area contributed by atoms with Crippen LogP contribution >= 0.6 is 11.6 Å². The molecule has 0 saturated heterocycles. The van der Waals surface area contributed by atoms with E-state index in [2.05, 4.69) is 4.98 Å². The van der Waals surface area contributed by atoms with E-state index in [1.54, 1.807) is 12.1 Å². The third-order valence-electron chi connectivity index (χ3n) is 2.65. The highest BCUT2D eigenvalue weighted by atomic mass is 35.5. The normalized spacial score (nSPS) is 10.4. The van der Waals surface area contributed by atoms with Crippen molar-refractivity contribution in [2.24, 2.45) is 0 Å². The topological polar surface area (TPSA) is 16.1 Å². The largest absolute Gasteiger partial charge is 0.355 e. The first-order valence-corrected chi connectivity index (χ1v) is 6.20. The van der Waals surface area contributed by atoms with Crippen LogP contribution in [0.2, 0.25) is 0 Å². The van der Waals surface area contributed by atoms with E-state index >= 15 is 0 Å². The lowest BCUT2D eigenvalue weighted by molar-refractivity contribution is 0.627. The molecule has 2 aromatic rings. The zero-order valence-corrected chi connectivity index (χ0v) is 10.9. The van der Waals surface area contributed by atoms with Crippen molar-refractivity contribution >= 4 is 17.4 Å². The maximum Gasteiger partial charge on any atom is 0.128 e. The van der Waals surface area contributed by atoms with E-state index < -0.39 is 0 Å². The molecule has 0 spiro atoms. The molecule has 2 nitrogen and oxygen atoms in total. The Morgan fingerprint density at radius 2 is 1.89 bits per heavy atom. The molecule has 94 valence electrons. The average molecular weight is 265 g/mol. The van der Waals surface area contributed by atoms with E-state index in [0.29, 0.717) is 12.4 Å². The fourth-order valence-electron chi connectivity index (χ4n) is 1.70. The fourth-order valence-corrected chi connectivity index (χ4v) is 1.85. The van der Waals surface area contributed by atoms with Crippen molar-refractivity contribution in [2.75, 3.05) is 11.9 Å². The Morgan fingerprint density at radius 3 is 2.56 bits per heavy atom. The van der Waals surface area contributed by atoms with E-state index in [0.717, 1.165) is 17.1 Å². The minimum atomic E-state index is -0.219. The Hall–Kier alpha value is -1.61. The van der Waals surface area contributed by atoms with Gasteiger partial charge in [0.25, 0.3) is 0 Å². The summed E-state index contributed by atoms with van der Waals surface area (Å²) in [7, 11) is 1.95. The van der Waals surface area contributed by atoms with Gasteiger partial charge in [0, 0.05) is 13.6 Å². The number of nitrogens with zero attached hydrogens (tertiary/aromatic N) is 2. The molecule has 0 aliphatic rings. The zero-order chi connectivity index (χ0) is 13.0. The van der Waals surface area contributed by atoms with E-state index in [1.807, 2.05) is 30.1 Å². The number of hydrogen-bond acceptors (Lipinski definition) is 2. The Labute approximate surface area is 111 Å². The van der Waals surface area contributed by atoms with Crippen molar-refractivity contribution in [1.29, 1.82) is 0 Å². The van der Waals surface area contributed by atoms with Crippen LogP contribution in [0.3, 0.4) is 0 Å². The molecule has 0 aliphatic carbocycles. The van der Waals surface area contributed by atoms with Gasteiger partial charge in [0.05, 0.1) is 11.6 Å². The first-order valence-electron chi connectivity index (χ1n) is 5.66. The van der Waals surface area contributed by atoms with Gasteiger partial charge in [-0.2, -0.15) is 0 Å². The number of hydrogen-bond donors (Lipinski definition) is 0. The van der Waals surface area contributed by atoms with Gasteiger partial charge in [-0.3, -0.25) is 0 Å². The molecule has 0 amide bonds. The number of alkyl halides is 1. The second-order valence-corrected chi connectivity index (χ2v) is 4.37. The summed E-state index contributed by atoms with van der Waals surface area (Å²) in [5.41, 5.74) is 1.89. The van der Waals surface area contributed by atoms with Crippen molar-refractivity contribution in [2.45, 2.75) is 12.4 Å². The Bertz CT molecular complexity index is 513. The van der Waals surface area contributed by atoms with Crippen LogP contribution in [0.4, 0.5) is 10.2 Å². The molecule has 2 rings (SSSR count). The van der Waals surface area contributed by atoms with E-state index in [9.17, 15) is 4.39 Å². The Balaban J connectivity index is 2.11. The van der Waals surface area contributed by atoms with Gasteiger partial charge in [-0.05, 0) is 29.8 Å². The van der Waals surface area contributed by atoms with E-state index in [1.165, 1.54) is 12.1 Å². The summed E-state index contributed by atoms with van der Waals surface area (Å²) in [4.78, 5) is 6.43. The first-order chi connectivity index (χ1) is 8.69. The van der Waals surface area contributed by atoms with Gasteiger partial charge in [0.1, 0.15) is 11.6 Å². The third kappa shape index (κ3) is 3.20. The van der Waals surface area contributed by atoms with Crippen LogP contribution in [-0.4, -0.2) is 12.0 Å². The lowest BCUT2D eigenvalue weighted by Gasteiger charge is -2.18. The first kappa shape index (κ1) is 12.8. The molecule has 0 radical (unpaired) electrons. The number of rotatable bonds is 4. The molecule has 1 aromatic heterocycles. The summed E-state index contributed by atoms with van der Waals surface area (Å²) in [6, 6.07) is 12.2. The molecule has 0 unspecified atom stereocenters. The summed E-state index contributed by atoms with van der Waals surface area (Å²) >= 11 is 5.76. The molecule has 0 bridgehead atoms. The van der Waals surface area contributed by atoms with Crippen molar-refractivity contribution in [3.8, 4) is 0 Å². The van der Waals surface area contributed by atoms with Crippen molar-refractivity contribution in [3.05, 3.63) is 59.5 Å². The molecule has 1 heterocycles. The second kappa shape index (κ2) is 5.83. The number of aromatic nitrogens is 1. The van der Waals surface area contributed by atoms with Gasteiger partial charge in [-0.25, -0.2) is 9.37 Å². The van der Waals surface area contributed by atoms with Crippen LogP contribution in [0.1, 0.15) is 11.3 Å². The van der Waals surface area contributed by atoms with Crippen LogP contribution in [0.15, 0.2) is 42.5 Å². The fraction of sp³-hybridized carbons (Fsp3) is 0.214. The van der Waals surface area contributed by atoms with E-state index in [4.69, 9.17) is 11.6 Å². The van der Waals surface area contributed by atoms with Crippen LogP contribution in [0, 0.1) is 5.82 Å². The highest BCUT2D eigenvalue weighted by Gasteiger charge is 2.04. The predicted molar refractivity (Wildman–Crippen MR) is 72.3 cm³/mol. The summed E-state index contributed by atoms with van der Waals surface area (Å²) < 4.78 is 12.8. The second-order valence-electron chi connectivity index (χ2n) is 4.10. The van der Waals surface area contributed by atoms with Gasteiger partial charge < -0.3 is 4.90 Å². The molecule has 1 aromatic carbocycles. The maximum atomic E-state index is 12.8. The summed E-state index contributed by atoms with van der Waals surface area (Å²) in [5, 5.41) is 0. The monoisotopic (exact) mass is 264 g/mol. The highest BCUT2D eigenvalue weighted by molar-refractivity contribution is 6.16. The van der Waals surface area contributed by atoms with Gasteiger partial charge in [0.15, 0.2) is 0 Å². The average Bonchev–Trinajstić information content (AvgIpc) is 2.41. The molecule has 0 aliphatic heterocycles.